The molecular formula is C15H13ClN6O2. The number of aromatic nitrogens is 2. The van der Waals surface area contributed by atoms with Gasteiger partial charge in [0, 0.05) is 11.6 Å². The summed E-state index contributed by atoms with van der Waals surface area (Å²) in [6.45, 7) is 5.27. The maximum absolute atomic E-state index is 12.2. The van der Waals surface area contributed by atoms with E-state index >= 15 is 0 Å². The molecule has 0 saturated carbocycles. The molecule has 0 spiro atoms. The number of nitrogens with zero attached hydrogens (tertiary/aromatic N) is 5. The van der Waals surface area contributed by atoms with Crippen LogP contribution in [0.5, 0.6) is 0 Å². The topological polar surface area (TPSA) is 116 Å². The van der Waals surface area contributed by atoms with Gasteiger partial charge in [-0.15, -0.1) is 0 Å². The lowest BCUT2D eigenvalue weighted by Gasteiger charge is -2.19. The number of carbonyl (C=O) groups is 1. The predicted octanol–water partition coefficient (Wildman–Crippen LogP) is 3.29. The third-order valence-electron chi connectivity index (χ3n) is 2.69. The molecule has 1 N–H and O–H groups in total. The summed E-state index contributed by atoms with van der Waals surface area (Å²) in [4.78, 5) is 16.4. The molecule has 24 heavy (non-hydrogen) atoms. The number of nitriles is 2. The first-order valence-electron chi connectivity index (χ1n) is 6.79. The third-order valence-corrected chi connectivity index (χ3v) is 2.99. The van der Waals surface area contributed by atoms with Crippen molar-refractivity contribution in [2.45, 2.75) is 26.4 Å². The van der Waals surface area contributed by atoms with Crippen molar-refractivity contribution in [3.63, 3.8) is 0 Å². The van der Waals surface area contributed by atoms with Crippen LogP contribution in [0, 0.1) is 22.7 Å². The molecule has 0 saturated heterocycles. The number of ether oxygens (including phenoxy) is 1. The van der Waals surface area contributed by atoms with E-state index in [-0.39, 0.29) is 5.71 Å². The van der Waals surface area contributed by atoms with Gasteiger partial charge in [-0.1, -0.05) is 11.6 Å². The first-order chi connectivity index (χ1) is 11.2. The van der Waals surface area contributed by atoms with E-state index in [0.29, 0.717) is 21.7 Å². The fraction of sp³-hybridized carbons (Fsp3) is 0.267. The summed E-state index contributed by atoms with van der Waals surface area (Å²) in [7, 11) is 0. The largest absolute Gasteiger partial charge is 0.443 e. The first kappa shape index (κ1) is 17.3. The molecule has 2 aromatic heterocycles. The van der Waals surface area contributed by atoms with Gasteiger partial charge in [0.2, 0.25) is 5.71 Å². The van der Waals surface area contributed by atoms with Crippen molar-refractivity contribution in [2.24, 2.45) is 5.10 Å². The maximum Gasteiger partial charge on any atom is 0.420 e. The Bertz CT molecular complexity index is 895. The summed E-state index contributed by atoms with van der Waals surface area (Å²) in [6.07, 6.45) is 2.22. The van der Waals surface area contributed by atoms with Crippen LogP contribution in [0.2, 0.25) is 5.02 Å². The zero-order valence-electron chi connectivity index (χ0n) is 13.2. The number of fused-ring (bicyclic) bond motifs is 1. The summed E-state index contributed by atoms with van der Waals surface area (Å²) in [5, 5.41) is 21.7. The Hall–Kier alpha value is -3.10. The van der Waals surface area contributed by atoms with Gasteiger partial charge in [-0.3, -0.25) is 5.43 Å². The fourth-order valence-electron chi connectivity index (χ4n) is 1.78. The molecule has 122 valence electrons. The Morgan fingerprint density at radius 3 is 2.67 bits per heavy atom. The molecule has 2 rings (SSSR count). The second kappa shape index (κ2) is 6.57. The van der Waals surface area contributed by atoms with Crippen LogP contribution in [0.4, 0.5) is 10.5 Å². The fourth-order valence-corrected chi connectivity index (χ4v) is 2.01. The van der Waals surface area contributed by atoms with E-state index < -0.39 is 11.7 Å². The molecule has 9 heteroatoms. The molecule has 0 aliphatic rings. The molecular weight excluding hydrogens is 332 g/mol. The number of hydrazone groups is 1. The number of carbonyl (C=O) groups excluding carboxylic acids is 1. The molecule has 0 aliphatic heterocycles. The van der Waals surface area contributed by atoms with E-state index in [1.54, 1.807) is 39.0 Å². The van der Waals surface area contributed by atoms with Crippen LogP contribution in [0.25, 0.3) is 11.0 Å². The van der Waals surface area contributed by atoms with Gasteiger partial charge in [0.25, 0.3) is 0 Å². The van der Waals surface area contributed by atoms with E-state index in [9.17, 15) is 4.79 Å². The molecule has 2 aromatic rings. The molecule has 0 fully saturated rings. The van der Waals surface area contributed by atoms with E-state index in [1.807, 2.05) is 0 Å². The van der Waals surface area contributed by atoms with Gasteiger partial charge in [0.15, 0.2) is 5.65 Å². The minimum atomic E-state index is -0.651. The van der Waals surface area contributed by atoms with Gasteiger partial charge in [-0.05, 0) is 26.8 Å². The van der Waals surface area contributed by atoms with E-state index in [1.165, 1.54) is 17.0 Å². The number of hydrogen-bond acceptors (Lipinski definition) is 7. The smallest absolute Gasteiger partial charge is 0.420 e. The Morgan fingerprint density at radius 2 is 2.08 bits per heavy atom. The highest BCUT2D eigenvalue weighted by molar-refractivity contribution is 6.35. The lowest BCUT2D eigenvalue weighted by atomic mass is 10.2. The number of rotatable bonds is 2. The standard InChI is InChI=1S/C15H13ClN6O2/c1-15(2,3)24-14(23)22-8-12(16)11-4-9(7-19-13(11)22)20-21-10(5-17)6-18/h4,7-8,20H,1-3H3. The summed E-state index contributed by atoms with van der Waals surface area (Å²) in [5.74, 6) is 0. The van der Waals surface area contributed by atoms with Crippen LogP contribution in [0.15, 0.2) is 23.6 Å². The van der Waals surface area contributed by atoms with Crippen molar-refractivity contribution in [1.82, 2.24) is 9.55 Å². The Morgan fingerprint density at radius 1 is 1.42 bits per heavy atom. The van der Waals surface area contributed by atoms with Gasteiger partial charge in [0.05, 0.1) is 16.9 Å². The van der Waals surface area contributed by atoms with Crippen LogP contribution < -0.4 is 5.43 Å². The van der Waals surface area contributed by atoms with Crippen LogP contribution >= 0.6 is 11.6 Å². The Labute approximate surface area is 142 Å². The average molecular weight is 345 g/mol. The second-order valence-corrected chi connectivity index (χ2v) is 6.13. The van der Waals surface area contributed by atoms with Crippen molar-refractivity contribution in [1.29, 1.82) is 10.5 Å². The quantitative estimate of drug-likeness (QED) is 0.660. The molecule has 0 radical (unpaired) electrons. The Balaban J connectivity index is 2.38. The summed E-state index contributed by atoms with van der Waals surface area (Å²) < 4.78 is 6.51. The van der Waals surface area contributed by atoms with Gasteiger partial charge in [-0.2, -0.15) is 15.6 Å². The molecule has 0 aliphatic carbocycles. The van der Waals surface area contributed by atoms with Gasteiger partial charge in [-0.25, -0.2) is 14.3 Å². The summed E-state index contributed by atoms with van der Waals surface area (Å²) >= 11 is 6.15. The minimum absolute atomic E-state index is 0.303. The van der Waals surface area contributed by atoms with Gasteiger partial charge < -0.3 is 4.74 Å². The normalized spacial score (nSPS) is 10.6. The number of pyridine rings is 1. The molecule has 0 atom stereocenters. The zero-order valence-corrected chi connectivity index (χ0v) is 13.9. The van der Waals surface area contributed by atoms with Crippen molar-refractivity contribution >= 4 is 40.1 Å². The summed E-state index contributed by atoms with van der Waals surface area (Å²) in [5.41, 5.74) is 2.30. The highest BCUT2D eigenvalue weighted by Crippen LogP contribution is 2.27. The lowest BCUT2D eigenvalue weighted by molar-refractivity contribution is 0.0543. The van der Waals surface area contributed by atoms with Crippen LogP contribution in [0.1, 0.15) is 20.8 Å². The van der Waals surface area contributed by atoms with Crippen LogP contribution in [-0.4, -0.2) is 27.0 Å². The lowest BCUT2D eigenvalue weighted by Crippen LogP contribution is -2.26. The number of hydrogen-bond donors (Lipinski definition) is 1. The second-order valence-electron chi connectivity index (χ2n) is 5.72. The number of halogens is 1. The zero-order chi connectivity index (χ0) is 17.9. The highest BCUT2D eigenvalue weighted by Gasteiger charge is 2.21. The van der Waals surface area contributed by atoms with Crippen molar-refractivity contribution in [2.75, 3.05) is 5.43 Å². The van der Waals surface area contributed by atoms with Gasteiger partial charge in [0.1, 0.15) is 17.7 Å². The first-order valence-corrected chi connectivity index (χ1v) is 7.17. The van der Waals surface area contributed by atoms with E-state index in [4.69, 9.17) is 26.9 Å². The van der Waals surface area contributed by atoms with E-state index in [2.05, 4.69) is 15.5 Å². The number of anilines is 1. The monoisotopic (exact) mass is 344 g/mol. The van der Waals surface area contributed by atoms with Crippen molar-refractivity contribution < 1.29 is 9.53 Å². The maximum atomic E-state index is 12.2. The third kappa shape index (κ3) is 3.80. The molecule has 8 nitrogen and oxygen atoms in total. The average Bonchev–Trinajstić information content (AvgIpc) is 2.84. The molecule has 0 aromatic carbocycles. The predicted molar refractivity (Wildman–Crippen MR) is 88.7 cm³/mol. The van der Waals surface area contributed by atoms with Crippen molar-refractivity contribution in [3.05, 3.63) is 23.5 Å². The summed E-state index contributed by atoms with van der Waals surface area (Å²) in [6, 6.07) is 4.85. The number of nitrogens with one attached hydrogen (secondary N) is 1. The van der Waals surface area contributed by atoms with Crippen LogP contribution in [0.3, 0.4) is 0 Å². The highest BCUT2D eigenvalue weighted by atomic mass is 35.5. The molecule has 0 unspecified atom stereocenters. The molecule has 0 amide bonds. The SMILES string of the molecule is CC(C)(C)OC(=O)n1cc(Cl)c2cc(NN=C(C#N)C#N)cnc21. The molecule has 2 heterocycles. The Kier molecular flexibility index (Phi) is 4.72. The van der Waals surface area contributed by atoms with E-state index in [0.717, 1.165) is 0 Å². The minimum Gasteiger partial charge on any atom is -0.443 e. The molecule has 0 bridgehead atoms. The van der Waals surface area contributed by atoms with Crippen LogP contribution in [-0.2, 0) is 4.74 Å². The van der Waals surface area contributed by atoms with Crippen molar-refractivity contribution in [3.8, 4) is 12.1 Å². The van der Waals surface area contributed by atoms with Gasteiger partial charge >= 0.3 is 6.09 Å².